The number of nitriles is 1. The summed E-state index contributed by atoms with van der Waals surface area (Å²) in [5.74, 6) is 0.0490. The van der Waals surface area contributed by atoms with Gasteiger partial charge < -0.3 is 4.90 Å². The second-order valence-corrected chi connectivity index (χ2v) is 3.55. The largest absolute Gasteiger partial charge is 0.330 e. The molecule has 0 spiro atoms. The van der Waals surface area contributed by atoms with E-state index in [1.807, 2.05) is 43.3 Å². The highest BCUT2D eigenvalue weighted by atomic mass is 16.2. The minimum atomic E-state index is 0.0490. The topological polar surface area (TPSA) is 44.1 Å². The lowest BCUT2D eigenvalue weighted by Gasteiger charge is -2.16. The molecule has 1 aromatic carbocycles. The number of aryl methyl sites for hydroxylation is 1. The summed E-state index contributed by atoms with van der Waals surface area (Å²) in [5, 5.41) is 8.56. The van der Waals surface area contributed by atoms with Gasteiger partial charge in [-0.05, 0) is 18.9 Å². The highest BCUT2D eigenvalue weighted by Crippen LogP contribution is 2.04. The summed E-state index contributed by atoms with van der Waals surface area (Å²) in [6, 6.07) is 11.9. The summed E-state index contributed by atoms with van der Waals surface area (Å²) in [5.41, 5.74) is 1.16. The van der Waals surface area contributed by atoms with Crippen molar-refractivity contribution in [3.63, 3.8) is 0 Å². The van der Waals surface area contributed by atoms with Crippen molar-refractivity contribution in [1.82, 2.24) is 4.90 Å². The number of hydrogen-bond acceptors (Lipinski definition) is 2. The van der Waals surface area contributed by atoms with Crippen molar-refractivity contribution in [2.75, 3.05) is 13.1 Å². The molecular weight excluding hydrogens is 200 g/mol. The Kier molecular flexibility index (Phi) is 5.07. The second-order valence-electron chi connectivity index (χ2n) is 3.55. The Labute approximate surface area is 96.3 Å². The van der Waals surface area contributed by atoms with Crippen LogP contribution in [0.2, 0.25) is 0 Å². The van der Waals surface area contributed by atoms with Gasteiger partial charge in [-0.25, -0.2) is 0 Å². The Bertz CT molecular complexity index is 367. The smallest absolute Gasteiger partial charge is 0.223 e. The molecule has 84 valence electrons. The number of benzene rings is 1. The first-order valence-electron chi connectivity index (χ1n) is 5.46. The van der Waals surface area contributed by atoms with Crippen LogP contribution in [-0.2, 0) is 11.2 Å². The maximum atomic E-state index is 11.7. The van der Waals surface area contributed by atoms with Gasteiger partial charge >= 0.3 is 0 Å². The van der Waals surface area contributed by atoms with E-state index in [2.05, 4.69) is 0 Å². The molecule has 0 saturated heterocycles. The molecule has 16 heavy (non-hydrogen) atoms. The summed E-state index contributed by atoms with van der Waals surface area (Å²) >= 11 is 0. The third-order valence-corrected chi connectivity index (χ3v) is 2.47. The summed E-state index contributed by atoms with van der Waals surface area (Å²) in [6.07, 6.45) is 1.21. The van der Waals surface area contributed by atoms with E-state index in [0.29, 0.717) is 13.0 Å². The molecule has 0 N–H and O–H groups in total. The van der Waals surface area contributed by atoms with Gasteiger partial charge in [0.1, 0.15) is 6.54 Å². The quantitative estimate of drug-likeness (QED) is 0.706. The van der Waals surface area contributed by atoms with E-state index in [9.17, 15) is 4.79 Å². The Morgan fingerprint density at radius 3 is 2.62 bits per heavy atom. The molecule has 0 saturated carbocycles. The van der Waals surface area contributed by atoms with Crippen LogP contribution in [0.4, 0.5) is 0 Å². The third-order valence-electron chi connectivity index (χ3n) is 2.47. The average Bonchev–Trinajstić information content (AvgIpc) is 2.34. The zero-order valence-electron chi connectivity index (χ0n) is 9.52. The molecule has 0 radical (unpaired) electrons. The van der Waals surface area contributed by atoms with E-state index in [1.54, 1.807) is 4.90 Å². The zero-order chi connectivity index (χ0) is 11.8. The van der Waals surface area contributed by atoms with Crippen LogP contribution >= 0.6 is 0 Å². The first kappa shape index (κ1) is 12.3. The first-order chi connectivity index (χ1) is 7.77. The van der Waals surface area contributed by atoms with Gasteiger partial charge in [-0.15, -0.1) is 0 Å². The predicted molar refractivity (Wildman–Crippen MR) is 62.6 cm³/mol. The Hall–Kier alpha value is -1.82. The predicted octanol–water partition coefficient (Wildman–Crippen LogP) is 1.99. The van der Waals surface area contributed by atoms with E-state index in [1.165, 1.54) is 0 Å². The van der Waals surface area contributed by atoms with Crippen molar-refractivity contribution in [2.45, 2.75) is 19.8 Å². The number of carbonyl (C=O) groups excluding carboxylic acids is 1. The maximum absolute atomic E-state index is 11.7. The molecule has 3 nitrogen and oxygen atoms in total. The lowest BCUT2D eigenvalue weighted by atomic mass is 10.1. The van der Waals surface area contributed by atoms with Gasteiger partial charge in [0.2, 0.25) is 5.91 Å². The van der Waals surface area contributed by atoms with Crippen molar-refractivity contribution in [3.05, 3.63) is 35.9 Å². The SMILES string of the molecule is CCN(CC#N)C(=O)CCc1ccccc1. The molecule has 3 heteroatoms. The Morgan fingerprint density at radius 2 is 2.06 bits per heavy atom. The summed E-state index contributed by atoms with van der Waals surface area (Å²) < 4.78 is 0. The molecule has 0 atom stereocenters. The second kappa shape index (κ2) is 6.62. The fraction of sp³-hybridized carbons (Fsp3) is 0.385. The summed E-state index contributed by atoms with van der Waals surface area (Å²) in [4.78, 5) is 13.3. The summed E-state index contributed by atoms with van der Waals surface area (Å²) in [6.45, 7) is 2.67. The van der Waals surface area contributed by atoms with Gasteiger partial charge in [0, 0.05) is 13.0 Å². The van der Waals surface area contributed by atoms with Gasteiger partial charge in [-0.2, -0.15) is 5.26 Å². The molecule has 0 fully saturated rings. The molecular formula is C13H16N2O. The van der Waals surface area contributed by atoms with Crippen LogP contribution < -0.4 is 0 Å². The molecule has 0 aromatic heterocycles. The highest BCUT2D eigenvalue weighted by molar-refractivity contribution is 5.76. The Morgan fingerprint density at radius 1 is 1.38 bits per heavy atom. The van der Waals surface area contributed by atoms with Gasteiger partial charge in [0.25, 0.3) is 0 Å². The number of nitrogens with zero attached hydrogens (tertiary/aromatic N) is 2. The van der Waals surface area contributed by atoms with Gasteiger partial charge in [-0.3, -0.25) is 4.79 Å². The van der Waals surface area contributed by atoms with Crippen LogP contribution in [0.1, 0.15) is 18.9 Å². The standard InChI is InChI=1S/C13H16N2O/c1-2-15(11-10-14)13(16)9-8-12-6-4-3-5-7-12/h3-7H,2,8-9,11H2,1H3. The van der Waals surface area contributed by atoms with E-state index >= 15 is 0 Å². The van der Waals surface area contributed by atoms with Crippen LogP contribution in [0.3, 0.4) is 0 Å². The molecule has 0 bridgehead atoms. The van der Waals surface area contributed by atoms with E-state index in [-0.39, 0.29) is 12.5 Å². The minimum Gasteiger partial charge on any atom is -0.330 e. The number of carbonyl (C=O) groups is 1. The van der Waals surface area contributed by atoms with Crippen LogP contribution in [0.15, 0.2) is 30.3 Å². The molecule has 0 unspecified atom stereocenters. The Balaban J connectivity index is 2.43. The zero-order valence-corrected chi connectivity index (χ0v) is 9.52. The molecule has 1 rings (SSSR count). The molecule has 0 aliphatic heterocycles. The number of hydrogen-bond donors (Lipinski definition) is 0. The van der Waals surface area contributed by atoms with Gasteiger partial charge in [0.15, 0.2) is 0 Å². The van der Waals surface area contributed by atoms with Crippen molar-refractivity contribution < 1.29 is 4.79 Å². The van der Waals surface area contributed by atoms with Crippen LogP contribution in [-0.4, -0.2) is 23.9 Å². The lowest BCUT2D eigenvalue weighted by molar-refractivity contribution is -0.130. The fourth-order valence-corrected chi connectivity index (χ4v) is 1.52. The molecule has 0 aliphatic rings. The first-order valence-corrected chi connectivity index (χ1v) is 5.46. The van der Waals surface area contributed by atoms with Crippen molar-refractivity contribution in [1.29, 1.82) is 5.26 Å². The van der Waals surface area contributed by atoms with Crippen molar-refractivity contribution in [2.24, 2.45) is 0 Å². The van der Waals surface area contributed by atoms with Crippen LogP contribution in [0.5, 0.6) is 0 Å². The molecule has 1 amide bonds. The van der Waals surface area contributed by atoms with Gasteiger partial charge in [-0.1, -0.05) is 30.3 Å². The maximum Gasteiger partial charge on any atom is 0.223 e. The van der Waals surface area contributed by atoms with E-state index in [4.69, 9.17) is 5.26 Å². The monoisotopic (exact) mass is 216 g/mol. The highest BCUT2D eigenvalue weighted by Gasteiger charge is 2.10. The van der Waals surface area contributed by atoms with Gasteiger partial charge in [0.05, 0.1) is 6.07 Å². The fourth-order valence-electron chi connectivity index (χ4n) is 1.52. The number of rotatable bonds is 5. The van der Waals surface area contributed by atoms with Crippen LogP contribution in [0.25, 0.3) is 0 Å². The van der Waals surface area contributed by atoms with Crippen molar-refractivity contribution >= 4 is 5.91 Å². The third kappa shape index (κ3) is 3.74. The van der Waals surface area contributed by atoms with E-state index < -0.39 is 0 Å². The van der Waals surface area contributed by atoms with E-state index in [0.717, 1.165) is 12.0 Å². The minimum absolute atomic E-state index is 0.0490. The summed E-state index contributed by atoms with van der Waals surface area (Å²) in [7, 11) is 0. The molecule has 1 aromatic rings. The lowest BCUT2D eigenvalue weighted by Crippen LogP contribution is -2.31. The van der Waals surface area contributed by atoms with Crippen LogP contribution in [0, 0.1) is 11.3 Å². The van der Waals surface area contributed by atoms with Crippen molar-refractivity contribution in [3.8, 4) is 6.07 Å². The molecule has 0 heterocycles. The molecule has 0 aliphatic carbocycles. The average molecular weight is 216 g/mol. The number of amides is 1. The normalized spacial score (nSPS) is 9.50.